The van der Waals surface area contributed by atoms with Gasteiger partial charge in [0.2, 0.25) is 0 Å². The number of rotatable bonds is 1. The van der Waals surface area contributed by atoms with Crippen molar-refractivity contribution >= 4 is 33.4 Å². The van der Waals surface area contributed by atoms with E-state index in [-0.39, 0.29) is 17.0 Å². The number of nitrogens with one attached hydrogen (secondary N) is 1. The molecule has 104 valence electrons. The molecule has 0 spiro atoms. The van der Waals surface area contributed by atoms with Gasteiger partial charge in [-0.1, -0.05) is 24.3 Å². The van der Waals surface area contributed by atoms with Gasteiger partial charge in [0.15, 0.2) is 5.13 Å². The van der Waals surface area contributed by atoms with Gasteiger partial charge in [-0.3, -0.25) is 0 Å². The van der Waals surface area contributed by atoms with Gasteiger partial charge >= 0.3 is 0 Å². The number of nitrogens with zero attached hydrogens (tertiary/aromatic N) is 1. The molecule has 1 aliphatic rings. The van der Waals surface area contributed by atoms with E-state index in [0.717, 1.165) is 27.0 Å². The molecule has 2 heterocycles. The summed E-state index contributed by atoms with van der Waals surface area (Å²) in [5.74, 6) is -0.345. The topological polar surface area (TPSA) is 24.4 Å². The first kappa shape index (κ1) is 12.5. The first-order valence-corrected chi connectivity index (χ1v) is 7.30. The molecule has 4 rings (SSSR count). The Morgan fingerprint density at radius 2 is 1.95 bits per heavy atom. The van der Waals surface area contributed by atoms with Gasteiger partial charge < -0.3 is 5.32 Å². The van der Waals surface area contributed by atoms with E-state index in [1.54, 1.807) is 6.07 Å². The molecular formula is C16H10F2N2S. The zero-order valence-electron chi connectivity index (χ0n) is 10.8. The molecule has 1 aliphatic heterocycles. The summed E-state index contributed by atoms with van der Waals surface area (Å²) in [7, 11) is 0. The van der Waals surface area contributed by atoms with Crippen LogP contribution in [0.4, 0.5) is 14.5 Å². The number of fused-ring (bicyclic) bond motifs is 2. The second-order valence-electron chi connectivity index (χ2n) is 4.85. The fourth-order valence-corrected chi connectivity index (χ4v) is 3.65. The molecule has 3 aromatic rings. The Labute approximate surface area is 123 Å². The molecule has 0 aliphatic carbocycles. The number of halogens is 2. The van der Waals surface area contributed by atoms with E-state index in [1.807, 2.05) is 24.3 Å². The van der Waals surface area contributed by atoms with E-state index in [1.165, 1.54) is 18.5 Å². The summed E-state index contributed by atoms with van der Waals surface area (Å²) < 4.78 is 28.7. The van der Waals surface area contributed by atoms with Crippen LogP contribution < -0.4 is 5.32 Å². The first-order valence-electron chi connectivity index (χ1n) is 6.49. The molecule has 0 saturated heterocycles. The summed E-state index contributed by atoms with van der Waals surface area (Å²) in [6, 6.07) is 11.6. The Morgan fingerprint density at radius 3 is 2.86 bits per heavy atom. The monoisotopic (exact) mass is 300 g/mol. The van der Waals surface area contributed by atoms with Crippen LogP contribution in [-0.4, -0.2) is 6.34 Å². The van der Waals surface area contributed by atoms with Crippen LogP contribution in [0, 0.1) is 10.9 Å². The molecular weight excluding hydrogens is 290 g/mol. The number of benzene rings is 2. The average Bonchev–Trinajstić information content (AvgIpc) is 2.82. The van der Waals surface area contributed by atoms with Crippen LogP contribution in [-0.2, 0) is 0 Å². The molecule has 2 aromatic carbocycles. The van der Waals surface area contributed by atoms with Crippen LogP contribution in [0.15, 0.2) is 47.5 Å². The van der Waals surface area contributed by atoms with Crippen LogP contribution in [0.3, 0.4) is 0 Å². The van der Waals surface area contributed by atoms with E-state index in [2.05, 4.69) is 10.3 Å². The van der Waals surface area contributed by atoms with Crippen LogP contribution in [0.2, 0.25) is 0 Å². The Balaban J connectivity index is 1.95. The minimum atomic E-state index is -0.353. The van der Waals surface area contributed by atoms with Gasteiger partial charge in [0.05, 0.1) is 18.1 Å². The summed E-state index contributed by atoms with van der Waals surface area (Å²) in [5, 5.41) is 3.74. The highest BCUT2D eigenvalue weighted by Crippen LogP contribution is 2.40. The van der Waals surface area contributed by atoms with Crippen molar-refractivity contribution in [3.63, 3.8) is 0 Å². The predicted molar refractivity (Wildman–Crippen MR) is 81.3 cm³/mol. The molecule has 0 radical (unpaired) electrons. The van der Waals surface area contributed by atoms with Crippen LogP contribution >= 0.6 is 11.3 Å². The molecule has 1 atom stereocenters. The predicted octanol–water partition coefficient (Wildman–Crippen LogP) is 4.53. The Kier molecular flexibility index (Phi) is 2.75. The second kappa shape index (κ2) is 4.63. The molecule has 1 N–H and O–H groups in total. The van der Waals surface area contributed by atoms with E-state index in [4.69, 9.17) is 0 Å². The molecule has 0 bridgehead atoms. The smallest absolute Gasteiger partial charge is 0.183 e. The maximum absolute atomic E-state index is 14.4. The Morgan fingerprint density at radius 1 is 1.10 bits per heavy atom. The maximum atomic E-state index is 14.4. The summed E-state index contributed by atoms with van der Waals surface area (Å²) in [5.41, 5.74) is 1.91. The van der Waals surface area contributed by atoms with Crippen molar-refractivity contribution < 1.29 is 8.78 Å². The van der Waals surface area contributed by atoms with Crippen molar-refractivity contribution in [3.8, 4) is 0 Å². The number of hydrogen-bond acceptors (Lipinski definition) is 3. The Bertz CT molecular complexity index is 870. The van der Waals surface area contributed by atoms with E-state index in [9.17, 15) is 8.78 Å². The number of hydrogen-bond donors (Lipinski definition) is 1. The van der Waals surface area contributed by atoms with Gasteiger partial charge in [-0.2, -0.15) is 4.39 Å². The number of thiophene rings is 1. The lowest BCUT2D eigenvalue weighted by atomic mass is 9.95. The van der Waals surface area contributed by atoms with Crippen molar-refractivity contribution in [1.29, 1.82) is 0 Å². The molecule has 5 heteroatoms. The minimum Gasteiger partial charge on any atom is -0.365 e. The number of aliphatic imine (C=N–C) groups is 1. The third-order valence-corrected chi connectivity index (χ3v) is 4.60. The third-order valence-electron chi connectivity index (χ3n) is 3.63. The fourth-order valence-electron chi connectivity index (χ4n) is 2.69. The normalized spacial score (nSPS) is 16.8. The summed E-state index contributed by atoms with van der Waals surface area (Å²) in [6.45, 7) is 0. The highest BCUT2D eigenvalue weighted by molar-refractivity contribution is 7.17. The minimum absolute atomic E-state index is 0.223. The summed E-state index contributed by atoms with van der Waals surface area (Å²) in [6.07, 6.45) is 1.50. The molecule has 2 nitrogen and oxygen atoms in total. The van der Waals surface area contributed by atoms with Crippen molar-refractivity contribution in [2.75, 3.05) is 0 Å². The average molecular weight is 300 g/mol. The largest absolute Gasteiger partial charge is 0.365 e. The zero-order valence-corrected chi connectivity index (χ0v) is 11.6. The van der Waals surface area contributed by atoms with Gasteiger partial charge in [-0.25, -0.2) is 9.38 Å². The quantitative estimate of drug-likeness (QED) is 0.701. The van der Waals surface area contributed by atoms with E-state index < -0.39 is 0 Å². The van der Waals surface area contributed by atoms with Crippen molar-refractivity contribution in [3.05, 3.63) is 64.5 Å². The van der Waals surface area contributed by atoms with Gasteiger partial charge in [0.25, 0.3) is 0 Å². The summed E-state index contributed by atoms with van der Waals surface area (Å²) in [4.78, 5) is 4.13. The highest BCUT2D eigenvalue weighted by atomic mass is 32.1. The molecule has 0 fully saturated rings. The van der Waals surface area contributed by atoms with Crippen molar-refractivity contribution in [2.45, 2.75) is 6.04 Å². The van der Waals surface area contributed by atoms with Crippen molar-refractivity contribution in [2.24, 2.45) is 4.99 Å². The van der Waals surface area contributed by atoms with Crippen molar-refractivity contribution in [1.82, 2.24) is 5.32 Å². The second-order valence-corrected chi connectivity index (χ2v) is 5.85. The standard InChI is InChI=1S/C16H10F2N2S/c17-9-5-6-10-12(7-9)19-8-20-15(10)14-11-3-1-2-4-13(11)21-16(14)18/h1-8,15H,(H,19,20). The van der Waals surface area contributed by atoms with Gasteiger partial charge in [0.1, 0.15) is 5.82 Å². The van der Waals surface area contributed by atoms with Crippen LogP contribution in [0.1, 0.15) is 17.2 Å². The molecule has 0 saturated carbocycles. The SMILES string of the molecule is Fc1ccc2c(c1)N=CNC2c1c(F)sc2ccccc12. The van der Waals surface area contributed by atoms with Gasteiger partial charge in [0, 0.05) is 21.2 Å². The molecule has 1 aromatic heterocycles. The van der Waals surface area contributed by atoms with E-state index in [0.29, 0.717) is 11.3 Å². The lowest BCUT2D eigenvalue weighted by Crippen LogP contribution is -2.24. The zero-order chi connectivity index (χ0) is 14.4. The lowest BCUT2D eigenvalue weighted by molar-refractivity contribution is 0.613. The van der Waals surface area contributed by atoms with Crippen LogP contribution in [0.25, 0.3) is 10.1 Å². The molecule has 0 amide bonds. The third kappa shape index (κ3) is 1.93. The van der Waals surface area contributed by atoms with Crippen LogP contribution in [0.5, 0.6) is 0 Å². The highest BCUT2D eigenvalue weighted by Gasteiger charge is 2.26. The van der Waals surface area contributed by atoms with Gasteiger partial charge in [-0.15, -0.1) is 11.3 Å². The van der Waals surface area contributed by atoms with E-state index >= 15 is 0 Å². The first-order chi connectivity index (χ1) is 10.2. The maximum Gasteiger partial charge on any atom is 0.183 e. The molecule has 1 unspecified atom stereocenters. The van der Waals surface area contributed by atoms with Gasteiger partial charge in [-0.05, 0) is 18.2 Å². The fraction of sp³-hybridized carbons (Fsp3) is 0.0625. The lowest BCUT2D eigenvalue weighted by Gasteiger charge is -2.22. The molecule has 21 heavy (non-hydrogen) atoms. The summed E-state index contributed by atoms with van der Waals surface area (Å²) >= 11 is 1.12. The Hall–Kier alpha value is -2.27.